The highest BCUT2D eigenvalue weighted by Crippen LogP contribution is 2.58. The number of epoxide rings is 2. The van der Waals surface area contributed by atoms with Crippen LogP contribution < -0.4 is 0 Å². The molecule has 5 atom stereocenters. The Bertz CT molecular complexity index is 948. The first-order valence-corrected chi connectivity index (χ1v) is 11.8. The zero-order chi connectivity index (χ0) is 24.8. The summed E-state index contributed by atoms with van der Waals surface area (Å²) in [5.41, 5.74) is 1.51. The third-order valence-electron chi connectivity index (χ3n) is 6.41. The molecule has 3 rings (SSSR count). The number of aliphatic imine (C=N–C) groups is 1. The normalized spacial score (nSPS) is 34.0. The second-order valence-corrected chi connectivity index (χ2v) is 9.28. The van der Waals surface area contributed by atoms with Crippen molar-refractivity contribution in [3.63, 3.8) is 0 Å². The number of carboxylic acid groups (broad SMARTS) is 1. The standard InChI is InChI=1S/C27H35NO6/c1-5-28-24-20(33-23(31)13-11-9-7-6-8-10-12-22(29)30)16-17-27(18-32-27)25(24)26(4)21(34-26)15-14-19(2)3/h6-14,20-21,25H,5,15-18H2,1-4H3,(H,29,30)/b8-6+,9-7+,12-10+,13-11+,28-24?/t20-,21?,25?,26-,27+/m1/s1. The van der Waals surface area contributed by atoms with E-state index in [2.05, 4.69) is 26.8 Å². The third-order valence-corrected chi connectivity index (χ3v) is 6.41. The molecule has 0 amide bonds. The molecular formula is C27H35NO6. The fourth-order valence-corrected chi connectivity index (χ4v) is 4.70. The number of ether oxygens (including phenoxy) is 3. The first-order valence-electron chi connectivity index (χ1n) is 11.8. The fourth-order valence-electron chi connectivity index (χ4n) is 4.70. The average molecular weight is 470 g/mol. The first kappa shape index (κ1) is 25.8. The minimum atomic E-state index is -1.00. The summed E-state index contributed by atoms with van der Waals surface area (Å²) in [4.78, 5) is 27.7. The summed E-state index contributed by atoms with van der Waals surface area (Å²) >= 11 is 0. The van der Waals surface area contributed by atoms with E-state index < -0.39 is 18.0 Å². The highest BCUT2D eigenvalue weighted by Gasteiger charge is 2.71. The lowest BCUT2D eigenvalue weighted by molar-refractivity contribution is -0.141. The molecule has 0 aromatic carbocycles. The summed E-state index contributed by atoms with van der Waals surface area (Å²) in [5, 5.41) is 8.53. The van der Waals surface area contributed by atoms with E-state index in [1.165, 1.54) is 17.7 Å². The lowest BCUT2D eigenvalue weighted by Gasteiger charge is -2.38. The van der Waals surface area contributed by atoms with Crippen molar-refractivity contribution < 1.29 is 28.9 Å². The van der Waals surface area contributed by atoms with E-state index in [0.29, 0.717) is 19.6 Å². The lowest BCUT2D eigenvalue weighted by Crippen LogP contribution is -2.52. The van der Waals surface area contributed by atoms with Crippen LogP contribution in [0.15, 0.2) is 65.2 Å². The zero-order valence-electron chi connectivity index (χ0n) is 20.4. The summed E-state index contributed by atoms with van der Waals surface area (Å²) in [6.45, 7) is 9.57. The minimum absolute atomic E-state index is 0.0325. The van der Waals surface area contributed by atoms with Gasteiger partial charge in [-0.2, -0.15) is 0 Å². The molecule has 1 aliphatic carbocycles. The number of hydrogen-bond acceptors (Lipinski definition) is 6. The van der Waals surface area contributed by atoms with Crippen LogP contribution in [0.3, 0.4) is 0 Å². The summed E-state index contributed by atoms with van der Waals surface area (Å²) in [6, 6.07) is 0. The highest BCUT2D eigenvalue weighted by atomic mass is 16.6. The molecule has 34 heavy (non-hydrogen) atoms. The molecule has 1 saturated carbocycles. The minimum Gasteiger partial charge on any atom is -0.478 e. The Balaban J connectivity index is 1.65. The molecule has 2 aliphatic heterocycles. The summed E-state index contributed by atoms with van der Waals surface area (Å²) in [5.74, 6) is -1.46. The van der Waals surface area contributed by atoms with Gasteiger partial charge in [0.15, 0.2) is 0 Å². The highest BCUT2D eigenvalue weighted by molar-refractivity contribution is 5.97. The van der Waals surface area contributed by atoms with E-state index in [0.717, 1.165) is 24.6 Å². The number of carbonyl (C=O) groups excluding carboxylic acids is 1. The van der Waals surface area contributed by atoms with Gasteiger partial charge in [-0.05, 0) is 47.0 Å². The smallest absolute Gasteiger partial charge is 0.331 e. The zero-order valence-corrected chi connectivity index (χ0v) is 20.4. The van der Waals surface area contributed by atoms with E-state index in [4.69, 9.17) is 24.3 Å². The summed E-state index contributed by atoms with van der Waals surface area (Å²) in [7, 11) is 0. The van der Waals surface area contributed by atoms with Gasteiger partial charge >= 0.3 is 11.9 Å². The molecule has 0 bridgehead atoms. The van der Waals surface area contributed by atoms with Crippen LogP contribution in [0.25, 0.3) is 0 Å². The van der Waals surface area contributed by atoms with E-state index in [9.17, 15) is 9.59 Å². The van der Waals surface area contributed by atoms with Gasteiger partial charge in [-0.15, -0.1) is 0 Å². The molecule has 2 saturated heterocycles. The van der Waals surface area contributed by atoms with Crippen LogP contribution in [0.2, 0.25) is 0 Å². The Labute approximate surface area is 201 Å². The van der Waals surface area contributed by atoms with E-state index in [-0.39, 0.29) is 23.2 Å². The van der Waals surface area contributed by atoms with Gasteiger partial charge in [0.1, 0.15) is 17.3 Å². The topological polar surface area (TPSA) is 101 Å². The van der Waals surface area contributed by atoms with E-state index in [1.54, 1.807) is 30.4 Å². The Morgan fingerprint density at radius 1 is 1.15 bits per heavy atom. The number of esters is 1. The molecule has 2 heterocycles. The van der Waals surface area contributed by atoms with Crippen LogP contribution >= 0.6 is 0 Å². The van der Waals surface area contributed by atoms with Gasteiger partial charge in [-0.3, -0.25) is 4.99 Å². The van der Waals surface area contributed by atoms with Crippen molar-refractivity contribution in [2.24, 2.45) is 10.9 Å². The summed E-state index contributed by atoms with van der Waals surface area (Å²) < 4.78 is 18.0. The number of allylic oxidation sites excluding steroid dienone is 7. The van der Waals surface area contributed by atoms with Gasteiger partial charge in [0.2, 0.25) is 0 Å². The maximum absolute atomic E-state index is 12.5. The van der Waals surface area contributed by atoms with E-state index >= 15 is 0 Å². The van der Waals surface area contributed by atoms with Crippen molar-refractivity contribution in [1.29, 1.82) is 0 Å². The molecule has 184 valence electrons. The van der Waals surface area contributed by atoms with Crippen molar-refractivity contribution in [1.82, 2.24) is 0 Å². The molecule has 0 aromatic heterocycles. The fraction of sp³-hybridized carbons (Fsp3) is 0.519. The van der Waals surface area contributed by atoms with Crippen LogP contribution in [0.4, 0.5) is 0 Å². The van der Waals surface area contributed by atoms with Crippen LogP contribution in [0.5, 0.6) is 0 Å². The number of nitrogens with zero attached hydrogens (tertiary/aromatic N) is 1. The molecule has 3 fully saturated rings. The van der Waals surface area contributed by atoms with Gasteiger partial charge in [0, 0.05) is 18.7 Å². The number of hydrogen-bond donors (Lipinski definition) is 1. The van der Waals surface area contributed by atoms with Gasteiger partial charge in [0.25, 0.3) is 0 Å². The molecule has 2 unspecified atom stereocenters. The quantitative estimate of drug-likeness (QED) is 0.168. The lowest BCUT2D eigenvalue weighted by atomic mass is 9.68. The largest absolute Gasteiger partial charge is 0.478 e. The second kappa shape index (κ2) is 11.1. The van der Waals surface area contributed by atoms with Crippen molar-refractivity contribution in [3.05, 3.63) is 60.3 Å². The van der Waals surface area contributed by atoms with Gasteiger partial charge in [0.05, 0.1) is 24.3 Å². The maximum Gasteiger partial charge on any atom is 0.331 e. The Morgan fingerprint density at radius 2 is 1.79 bits per heavy atom. The monoisotopic (exact) mass is 469 g/mol. The van der Waals surface area contributed by atoms with E-state index in [1.807, 2.05) is 6.92 Å². The van der Waals surface area contributed by atoms with Gasteiger partial charge in [-0.25, -0.2) is 9.59 Å². The molecule has 0 aromatic rings. The number of rotatable bonds is 10. The van der Waals surface area contributed by atoms with Crippen LogP contribution in [0, 0.1) is 5.92 Å². The molecule has 7 nitrogen and oxygen atoms in total. The molecule has 0 radical (unpaired) electrons. The Hall–Kier alpha value is -2.77. The third kappa shape index (κ3) is 6.42. The first-order chi connectivity index (χ1) is 16.2. The molecule has 1 spiro atoms. The van der Waals surface area contributed by atoms with Crippen LogP contribution in [-0.2, 0) is 23.8 Å². The average Bonchev–Trinajstić information content (AvgIpc) is 3.68. The SMILES string of the molecule is CCN=C1C([C@]2(C)OC2CC=C(C)C)[C@]2(CC[C@H]1OC(=O)/C=C/C=C/C=C/C=C/C(=O)O)CO2. The number of carbonyl (C=O) groups is 2. The van der Waals surface area contributed by atoms with Crippen molar-refractivity contribution in [2.45, 2.75) is 70.4 Å². The van der Waals surface area contributed by atoms with Crippen LogP contribution in [-0.4, -0.2) is 59.3 Å². The van der Waals surface area contributed by atoms with Crippen molar-refractivity contribution >= 4 is 17.7 Å². The molecular weight excluding hydrogens is 434 g/mol. The predicted molar refractivity (Wildman–Crippen MR) is 131 cm³/mol. The second-order valence-electron chi connectivity index (χ2n) is 9.28. The Kier molecular flexibility index (Phi) is 8.44. The Morgan fingerprint density at radius 3 is 2.38 bits per heavy atom. The summed E-state index contributed by atoms with van der Waals surface area (Å²) in [6.07, 6.45) is 16.3. The van der Waals surface area contributed by atoms with Gasteiger partial charge < -0.3 is 19.3 Å². The van der Waals surface area contributed by atoms with Crippen molar-refractivity contribution in [3.8, 4) is 0 Å². The predicted octanol–water partition coefficient (Wildman–Crippen LogP) is 4.36. The number of aliphatic carboxylic acids is 1. The van der Waals surface area contributed by atoms with Crippen LogP contribution in [0.1, 0.15) is 47.0 Å². The van der Waals surface area contributed by atoms with Crippen molar-refractivity contribution in [2.75, 3.05) is 13.2 Å². The van der Waals surface area contributed by atoms with Gasteiger partial charge in [-0.1, -0.05) is 48.1 Å². The number of carboxylic acids is 1. The molecule has 1 N–H and O–H groups in total. The molecule has 7 heteroatoms. The maximum atomic E-state index is 12.5. The molecule has 3 aliphatic rings.